The first kappa shape index (κ1) is 17.3. The molecule has 0 saturated carbocycles. The van der Waals surface area contributed by atoms with Crippen LogP contribution in [0.1, 0.15) is 0 Å². The summed E-state index contributed by atoms with van der Waals surface area (Å²) in [4.78, 5) is 6.54. The van der Waals surface area contributed by atoms with E-state index in [0.29, 0.717) is 6.61 Å². The highest BCUT2D eigenvalue weighted by atomic mass is 16.5. The second-order valence-corrected chi connectivity index (χ2v) is 6.76. The van der Waals surface area contributed by atoms with Gasteiger partial charge >= 0.3 is 0 Å². The molecular weight excluding hydrogens is 340 g/mol. The fraction of sp³-hybridized carbons (Fsp3) is 0.238. The third-order valence-electron chi connectivity index (χ3n) is 4.37. The number of nitrogens with zero attached hydrogens (tertiary/aromatic N) is 4. The van der Waals surface area contributed by atoms with Crippen molar-refractivity contribution < 1.29 is 9.15 Å². The van der Waals surface area contributed by atoms with Gasteiger partial charge in [0.25, 0.3) is 0 Å². The van der Waals surface area contributed by atoms with Crippen molar-refractivity contribution in [3.8, 4) is 28.2 Å². The van der Waals surface area contributed by atoms with Crippen LogP contribution in [0, 0.1) is 0 Å². The number of rotatable bonds is 6. The third-order valence-corrected chi connectivity index (χ3v) is 4.37. The lowest BCUT2D eigenvalue weighted by Gasteiger charge is -2.11. The van der Waals surface area contributed by atoms with E-state index in [9.17, 15) is 0 Å². The number of hydrogen-bond donors (Lipinski definition) is 0. The molecule has 0 fully saturated rings. The van der Waals surface area contributed by atoms with Crippen molar-refractivity contribution in [2.45, 2.75) is 0 Å². The normalized spacial score (nSPS) is 11.4. The fourth-order valence-corrected chi connectivity index (χ4v) is 2.93. The Balaban J connectivity index is 1.61. The first-order valence-corrected chi connectivity index (χ1v) is 8.86. The molecule has 0 N–H and O–H groups in total. The molecule has 0 spiro atoms. The van der Waals surface area contributed by atoms with E-state index in [4.69, 9.17) is 9.15 Å². The molecule has 1 aromatic carbocycles. The molecule has 0 unspecified atom stereocenters. The van der Waals surface area contributed by atoms with Crippen LogP contribution in [0.3, 0.4) is 0 Å². The van der Waals surface area contributed by atoms with Crippen LogP contribution in [0.15, 0.2) is 59.4 Å². The SMILES string of the molecule is CN(C)CCOc1ccc(-c2cc3nccc(-c4cnn(C)c4)c3o2)cc1. The molecule has 4 rings (SSSR count). The first-order chi connectivity index (χ1) is 13.1. The van der Waals surface area contributed by atoms with Crippen molar-refractivity contribution in [1.82, 2.24) is 19.7 Å². The maximum Gasteiger partial charge on any atom is 0.161 e. The summed E-state index contributed by atoms with van der Waals surface area (Å²) in [7, 11) is 5.96. The van der Waals surface area contributed by atoms with Crippen molar-refractivity contribution in [3.63, 3.8) is 0 Å². The Morgan fingerprint density at radius 1 is 1.11 bits per heavy atom. The van der Waals surface area contributed by atoms with Gasteiger partial charge in [0, 0.05) is 48.7 Å². The molecule has 6 heteroatoms. The lowest BCUT2D eigenvalue weighted by molar-refractivity contribution is 0.261. The topological polar surface area (TPSA) is 56.3 Å². The lowest BCUT2D eigenvalue weighted by atomic mass is 10.1. The molecule has 4 aromatic rings. The smallest absolute Gasteiger partial charge is 0.161 e. The molecule has 0 aliphatic rings. The number of hydrogen-bond acceptors (Lipinski definition) is 5. The summed E-state index contributed by atoms with van der Waals surface area (Å²) in [6, 6.07) is 11.9. The third kappa shape index (κ3) is 3.71. The van der Waals surface area contributed by atoms with Crippen LogP contribution < -0.4 is 4.74 Å². The van der Waals surface area contributed by atoms with Crippen LogP contribution in [0.4, 0.5) is 0 Å². The van der Waals surface area contributed by atoms with E-state index < -0.39 is 0 Å². The van der Waals surface area contributed by atoms with Gasteiger partial charge in [-0.15, -0.1) is 0 Å². The molecule has 3 aromatic heterocycles. The maximum atomic E-state index is 6.15. The van der Waals surface area contributed by atoms with E-state index in [0.717, 1.165) is 45.8 Å². The highest BCUT2D eigenvalue weighted by molar-refractivity contribution is 5.92. The quantitative estimate of drug-likeness (QED) is 0.522. The Bertz CT molecular complexity index is 1050. The summed E-state index contributed by atoms with van der Waals surface area (Å²) in [5, 5.41) is 4.25. The molecule has 6 nitrogen and oxygen atoms in total. The molecule has 0 aliphatic heterocycles. The van der Waals surface area contributed by atoms with E-state index in [-0.39, 0.29) is 0 Å². The number of aromatic nitrogens is 3. The molecule has 0 aliphatic carbocycles. The summed E-state index contributed by atoms with van der Waals surface area (Å²) in [5.74, 6) is 1.64. The molecule has 0 bridgehead atoms. The molecule has 0 atom stereocenters. The molecular formula is C21H22N4O2. The van der Waals surface area contributed by atoms with Crippen LogP contribution in [0.2, 0.25) is 0 Å². The van der Waals surface area contributed by atoms with E-state index in [1.807, 2.05) is 69.9 Å². The summed E-state index contributed by atoms with van der Waals surface area (Å²) >= 11 is 0. The number of likely N-dealkylation sites (N-methyl/N-ethyl adjacent to an activating group) is 1. The molecule has 0 radical (unpaired) electrons. The highest BCUT2D eigenvalue weighted by Gasteiger charge is 2.13. The van der Waals surface area contributed by atoms with Crippen molar-refractivity contribution in [3.05, 3.63) is 55.0 Å². The number of aryl methyl sites for hydroxylation is 1. The standard InChI is InChI=1S/C21H22N4O2/c1-24(2)10-11-26-17-6-4-15(5-7-17)20-12-19-21(27-20)18(8-9-22-19)16-13-23-25(3)14-16/h4-9,12-14H,10-11H2,1-3H3. The second-order valence-electron chi connectivity index (χ2n) is 6.76. The van der Waals surface area contributed by atoms with E-state index in [2.05, 4.69) is 15.0 Å². The summed E-state index contributed by atoms with van der Waals surface area (Å²) in [5.41, 5.74) is 4.59. The maximum absolute atomic E-state index is 6.15. The number of fused-ring (bicyclic) bond motifs is 1. The molecule has 0 saturated heterocycles. The summed E-state index contributed by atoms with van der Waals surface area (Å²) < 4.78 is 13.7. The van der Waals surface area contributed by atoms with Gasteiger partial charge in [0.2, 0.25) is 0 Å². The van der Waals surface area contributed by atoms with Gasteiger partial charge in [-0.2, -0.15) is 5.10 Å². The zero-order valence-electron chi connectivity index (χ0n) is 15.7. The van der Waals surface area contributed by atoms with Gasteiger partial charge in [-0.3, -0.25) is 9.67 Å². The van der Waals surface area contributed by atoms with E-state index in [1.54, 1.807) is 10.9 Å². The number of benzene rings is 1. The molecule has 3 heterocycles. The van der Waals surface area contributed by atoms with Gasteiger partial charge < -0.3 is 14.1 Å². The van der Waals surface area contributed by atoms with Crippen molar-refractivity contribution in [2.75, 3.05) is 27.2 Å². The lowest BCUT2D eigenvalue weighted by Crippen LogP contribution is -2.19. The van der Waals surface area contributed by atoms with Gasteiger partial charge in [0.1, 0.15) is 23.6 Å². The number of furan rings is 1. The molecule has 138 valence electrons. The Morgan fingerprint density at radius 3 is 2.63 bits per heavy atom. The predicted octanol–water partition coefficient (Wildman–Crippen LogP) is 3.84. The van der Waals surface area contributed by atoms with Gasteiger partial charge in [0.05, 0.1) is 6.20 Å². The average molecular weight is 362 g/mol. The van der Waals surface area contributed by atoms with Crippen molar-refractivity contribution in [1.29, 1.82) is 0 Å². The van der Waals surface area contributed by atoms with Gasteiger partial charge in [-0.25, -0.2) is 0 Å². The van der Waals surface area contributed by atoms with E-state index in [1.165, 1.54) is 0 Å². The Morgan fingerprint density at radius 2 is 1.93 bits per heavy atom. The number of pyridine rings is 1. The van der Waals surface area contributed by atoms with Crippen molar-refractivity contribution in [2.24, 2.45) is 7.05 Å². The van der Waals surface area contributed by atoms with Crippen LogP contribution in [0.25, 0.3) is 33.6 Å². The van der Waals surface area contributed by atoms with Gasteiger partial charge in [-0.05, 0) is 44.4 Å². The summed E-state index contributed by atoms with van der Waals surface area (Å²) in [6.07, 6.45) is 5.60. The Hall–Kier alpha value is -3.12. The van der Waals surface area contributed by atoms with Crippen LogP contribution in [0.5, 0.6) is 5.75 Å². The molecule has 27 heavy (non-hydrogen) atoms. The van der Waals surface area contributed by atoms with Gasteiger partial charge in [0.15, 0.2) is 5.58 Å². The minimum absolute atomic E-state index is 0.662. The van der Waals surface area contributed by atoms with Crippen LogP contribution >= 0.6 is 0 Å². The monoisotopic (exact) mass is 362 g/mol. The summed E-state index contributed by atoms with van der Waals surface area (Å²) in [6.45, 7) is 1.55. The fourth-order valence-electron chi connectivity index (χ4n) is 2.93. The zero-order chi connectivity index (χ0) is 18.8. The largest absolute Gasteiger partial charge is 0.492 e. The second kappa shape index (κ2) is 7.25. The predicted molar refractivity (Wildman–Crippen MR) is 106 cm³/mol. The minimum Gasteiger partial charge on any atom is -0.492 e. The van der Waals surface area contributed by atoms with Gasteiger partial charge in [-0.1, -0.05) is 0 Å². The zero-order valence-corrected chi connectivity index (χ0v) is 15.7. The van der Waals surface area contributed by atoms with Crippen LogP contribution in [-0.4, -0.2) is 46.9 Å². The minimum atomic E-state index is 0.662. The first-order valence-electron chi connectivity index (χ1n) is 8.86. The Kier molecular flexibility index (Phi) is 4.64. The van der Waals surface area contributed by atoms with Crippen molar-refractivity contribution >= 4 is 11.1 Å². The van der Waals surface area contributed by atoms with Crippen LogP contribution in [-0.2, 0) is 7.05 Å². The number of ether oxygens (including phenoxy) is 1. The Labute approximate surface area is 158 Å². The molecule has 0 amide bonds. The highest BCUT2D eigenvalue weighted by Crippen LogP contribution is 2.33. The van der Waals surface area contributed by atoms with E-state index >= 15 is 0 Å². The average Bonchev–Trinajstić information content (AvgIpc) is 3.28.